The molecule has 1 N–H and O–H groups in total. The maximum absolute atomic E-state index is 12.5. The van der Waals surface area contributed by atoms with E-state index in [9.17, 15) is 8.42 Å². The highest BCUT2D eigenvalue weighted by Crippen LogP contribution is 2.32. The van der Waals surface area contributed by atoms with Crippen LogP contribution in [0.15, 0.2) is 41.3 Å². The average molecular weight is 356 g/mol. The van der Waals surface area contributed by atoms with Gasteiger partial charge in [0.05, 0.1) is 24.3 Å². The van der Waals surface area contributed by atoms with E-state index < -0.39 is 10.0 Å². The molecular weight excluding hydrogens is 338 g/mol. The Balaban J connectivity index is 2.32. The van der Waals surface area contributed by atoms with Crippen LogP contribution < -0.4 is 14.2 Å². The molecule has 0 aliphatic carbocycles. The largest absolute Gasteiger partial charge is 0.495 e. The van der Waals surface area contributed by atoms with Crippen LogP contribution in [0.2, 0.25) is 5.02 Å². The van der Waals surface area contributed by atoms with E-state index >= 15 is 0 Å². The highest BCUT2D eigenvalue weighted by Gasteiger charge is 2.17. The summed E-state index contributed by atoms with van der Waals surface area (Å²) in [6, 6.07) is 9.41. The summed E-state index contributed by atoms with van der Waals surface area (Å²) in [7, 11) is -2.28. The number of ether oxygens (including phenoxy) is 2. The lowest BCUT2D eigenvalue weighted by Gasteiger charge is -2.14. The minimum atomic E-state index is -3.74. The fourth-order valence-corrected chi connectivity index (χ4v) is 3.21. The van der Waals surface area contributed by atoms with Crippen LogP contribution in [0.3, 0.4) is 0 Å². The molecular formula is C16H18ClNO4S. The van der Waals surface area contributed by atoms with Crippen LogP contribution in [0, 0.1) is 6.92 Å². The van der Waals surface area contributed by atoms with Gasteiger partial charge in [0, 0.05) is 11.1 Å². The van der Waals surface area contributed by atoms with Crippen molar-refractivity contribution in [3.8, 4) is 11.5 Å². The SMILES string of the molecule is CCOc1ccc(S(=O)(=O)Nc2cc(C)c(Cl)cc2OC)cc1. The highest BCUT2D eigenvalue weighted by molar-refractivity contribution is 7.92. The van der Waals surface area contributed by atoms with Crippen LogP contribution >= 0.6 is 11.6 Å². The zero-order valence-electron chi connectivity index (χ0n) is 13.1. The summed E-state index contributed by atoms with van der Waals surface area (Å²) in [6.45, 7) is 4.17. The Morgan fingerprint density at radius 1 is 1.17 bits per heavy atom. The molecule has 124 valence electrons. The van der Waals surface area contributed by atoms with Crippen molar-refractivity contribution in [1.29, 1.82) is 0 Å². The van der Waals surface area contributed by atoms with Crippen LogP contribution in [0.25, 0.3) is 0 Å². The number of nitrogens with one attached hydrogen (secondary N) is 1. The first-order chi connectivity index (χ1) is 10.9. The van der Waals surface area contributed by atoms with Crippen molar-refractivity contribution in [3.63, 3.8) is 0 Å². The smallest absolute Gasteiger partial charge is 0.262 e. The zero-order valence-corrected chi connectivity index (χ0v) is 14.7. The van der Waals surface area contributed by atoms with Crippen LogP contribution in [0.5, 0.6) is 11.5 Å². The second kappa shape index (κ2) is 7.10. The molecule has 2 aromatic rings. The summed E-state index contributed by atoms with van der Waals surface area (Å²) >= 11 is 6.03. The molecule has 0 spiro atoms. The van der Waals surface area contributed by atoms with Crippen LogP contribution in [-0.2, 0) is 10.0 Å². The third-order valence-corrected chi connectivity index (χ3v) is 4.96. The molecule has 2 rings (SSSR count). The lowest BCUT2D eigenvalue weighted by Crippen LogP contribution is -2.13. The van der Waals surface area contributed by atoms with Gasteiger partial charge in [0.15, 0.2) is 0 Å². The van der Waals surface area contributed by atoms with Crippen LogP contribution in [0.4, 0.5) is 5.69 Å². The van der Waals surface area contributed by atoms with E-state index in [0.29, 0.717) is 28.8 Å². The second-order valence-electron chi connectivity index (χ2n) is 4.81. The number of rotatable bonds is 6. The highest BCUT2D eigenvalue weighted by atomic mass is 35.5. The van der Waals surface area contributed by atoms with E-state index in [1.165, 1.54) is 19.2 Å². The first-order valence-corrected chi connectivity index (χ1v) is 8.83. The third kappa shape index (κ3) is 4.09. The fourth-order valence-electron chi connectivity index (χ4n) is 2.00. The van der Waals surface area contributed by atoms with Crippen molar-refractivity contribution >= 4 is 27.3 Å². The monoisotopic (exact) mass is 355 g/mol. The standard InChI is InChI=1S/C16H18ClNO4S/c1-4-22-12-5-7-13(8-6-12)23(19,20)18-15-9-11(2)14(17)10-16(15)21-3/h5-10,18H,4H2,1-3H3. The molecule has 0 atom stereocenters. The molecule has 0 saturated carbocycles. The normalized spacial score (nSPS) is 11.1. The molecule has 0 radical (unpaired) electrons. The van der Waals surface area contributed by atoms with Gasteiger partial charge in [-0.3, -0.25) is 4.72 Å². The molecule has 5 nitrogen and oxygen atoms in total. The van der Waals surface area contributed by atoms with Crippen molar-refractivity contribution in [2.75, 3.05) is 18.4 Å². The third-order valence-electron chi connectivity index (χ3n) is 3.17. The van der Waals surface area contributed by atoms with Gasteiger partial charge in [-0.05, 0) is 49.7 Å². The molecule has 0 amide bonds. The summed E-state index contributed by atoms with van der Waals surface area (Å²) in [5.41, 5.74) is 1.08. The van der Waals surface area contributed by atoms with Crippen molar-refractivity contribution in [1.82, 2.24) is 0 Å². The molecule has 23 heavy (non-hydrogen) atoms. The summed E-state index contributed by atoms with van der Waals surface area (Å²) in [5, 5.41) is 0.505. The Kier molecular flexibility index (Phi) is 5.38. The minimum absolute atomic E-state index is 0.135. The van der Waals surface area contributed by atoms with Gasteiger partial charge in [0.2, 0.25) is 0 Å². The average Bonchev–Trinajstić information content (AvgIpc) is 2.51. The topological polar surface area (TPSA) is 64.6 Å². The van der Waals surface area contributed by atoms with E-state index in [0.717, 1.165) is 5.56 Å². The number of anilines is 1. The lowest BCUT2D eigenvalue weighted by atomic mass is 10.2. The number of aryl methyl sites for hydroxylation is 1. The summed E-state index contributed by atoms with van der Waals surface area (Å²) in [6.07, 6.45) is 0. The molecule has 0 aliphatic rings. The maximum Gasteiger partial charge on any atom is 0.262 e. The number of halogens is 1. The van der Waals surface area contributed by atoms with Gasteiger partial charge >= 0.3 is 0 Å². The van der Waals surface area contributed by atoms with E-state index in [-0.39, 0.29) is 4.90 Å². The molecule has 0 fully saturated rings. The predicted molar refractivity (Wildman–Crippen MR) is 91.2 cm³/mol. The van der Waals surface area contributed by atoms with Gasteiger partial charge in [0.25, 0.3) is 10.0 Å². The number of hydrogen-bond donors (Lipinski definition) is 1. The minimum Gasteiger partial charge on any atom is -0.495 e. The van der Waals surface area contributed by atoms with E-state index in [1.807, 2.05) is 6.92 Å². The fraction of sp³-hybridized carbons (Fsp3) is 0.250. The Labute approximate surface area is 141 Å². The first kappa shape index (κ1) is 17.4. The van der Waals surface area contributed by atoms with Crippen molar-refractivity contribution in [3.05, 3.63) is 47.0 Å². The molecule has 0 aliphatic heterocycles. The molecule has 2 aromatic carbocycles. The van der Waals surface area contributed by atoms with E-state index in [2.05, 4.69) is 4.72 Å². The molecule has 0 heterocycles. The Morgan fingerprint density at radius 3 is 2.39 bits per heavy atom. The van der Waals surface area contributed by atoms with E-state index in [1.54, 1.807) is 31.2 Å². The van der Waals surface area contributed by atoms with Crippen molar-refractivity contribution in [2.24, 2.45) is 0 Å². The van der Waals surface area contributed by atoms with Crippen LogP contribution in [-0.4, -0.2) is 22.1 Å². The molecule has 0 unspecified atom stereocenters. The van der Waals surface area contributed by atoms with Gasteiger partial charge in [-0.25, -0.2) is 8.42 Å². The summed E-state index contributed by atoms with van der Waals surface area (Å²) < 4.78 is 38.0. The zero-order chi connectivity index (χ0) is 17.0. The van der Waals surface area contributed by atoms with Crippen LogP contribution in [0.1, 0.15) is 12.5 Å². The molecule has 7 heteroatoms. The molecule has 0 saturated heterocycles. The Morgan fingerprint density at radius 2 is 1.83 bits per heavy atom. The van der Waals surface area contributed by atoms with E-state index in [4.69, 9.17) is 21.1 Å². The summed E-state index contributed by atoms with van der Waals surface area (Å²) in [5.74, 6) is 0.974. The lowest BCUT2D eigenvalue weighted by molar-refractivity contribution is 0.340. The van der Waals surface area contributed by atoms with Gasteiger partial charge < -0.3 is 9.47 Å². The quantitative estimate of drug-likeness (QED) is 0.854. The Bertz CT molecular complexity index is 788. The van der Waals surface area contributed by atoms with Crippen molar-refractivity contribution < 1.29 is 17.9 Å². The number of methoxy groups -OCH3 is 1. The van der Waals surface area contributed by atoms with Gasteiger partial charge in [-0.15, -0.1) is 0 Å². The second-order valence-corrected chi connectivity index (χ2v) is 6.90. The van der Waals surface area contributed by atoms with Gasteiger partial charge in [-0.2, -0.15) is 0 Å². The molecule has 0 bridgehead atoms. The van der Waals surface area contributed by atoms with Gasteiger partial charge in [0.1, 0.15) is 11.5 Å². The number of hydrogen-bond acceptors (Lipinski definition) is 4. The number of benzene rings is 2. The summed E-state index contributed by atoms with van der Waals surface area (Å²) in [4.78, 5) is 0.135. The van der Waals surface area contributed by atoms with Crippen molar-refractivity contribution in [2.45, 2.75) is 18.7 Å². The first-order valence-electron chi connectivity index (χ1n) is 6.97. The molecule has 0 aromatic heterocycles. The number of sulfonamides is 1. The van der Waals surface area contributed by atoms with Gasteiger partial charge in [-0.1, -0.05) is 11.6 Å². The predicted octanol–water partition coefficient (Wildman–Crippen LogP) is 3.86. The Hall–Kier alpha value is -1.92. The maximum atomic E-state index is 12.5.